The Bertz CT molecular complexity index is 644. The number of fused-ring (bicyclic) bond motifs is 3. The largest absolute Gasteiger partial charge is 0.493 e. The fourth-order valence-electron chi connectivity index (χ4n) is 3.19. The zero-order valence-electron chi connectivity index (χ0n) is 13.7. The molecule has 0 radical (unpaired) electrons. The molecular weight excluding hydrogens is 314 g/mol. The first-order valence-corrected chi connectivity index (χ1v) is 7.87. The number of methoxy groups -OCH3 is 1. The molecule has 1 amide bonds. The summed E-state index contributed by atoms with van der Waals surface area (Å²) < 4.78 is 10.3. The predicted octanol–water partition coefficient (Wildman–Crippen LogP) is 1.21. The molecule has 2 aliphatic rings. The van der Waals surface area contributed by atoms with Crippen molar-refractivity contribution >= 4 is 11.9 Å². The minimum absolute atomic E-state index is 0.0504. The maximum absolute atomic E-state index is 12.6. The maximum atomic E-state index is 12.6. The predicted molar refractivity (Wildman–Crippen MR) is 82.8 cm³/mol. The molecule has 1 aromatic rings. The Labute approximate surface area is 140 Å². The summed E-state index contributed by atoms with van der Waals surface area (Å²) in [7, 11) is 1.24. The van der Waals surface area contributed by atoms with E-state index in [4.69, 9.17) is 9.57 Å². The van der Waals surface area contributed by atoms with Crippen LogP contribution in [0.3, 0.4) is 0 Å². The molecule has 0 spiro atoms. The molecule has 0 aromatic heterocycles. The second kappa shape index (κ2) is 6.41. The Morgan fingerprint density at radius 2 is 2.08 bits per heavy atom. The van der Waals surface area contributed by atoms with Gasteiger partial charge < -0.3 is 14.6 Å². The molecule has 3 rings (SSSR count). The van der Waals surface area contributed by atoms with Crippen molar-refractivity contribution in [2.24, 2.45) is 5.92 Å². The average molecular weight is 335 g/mol. The highest BCUT2D eigenvalue weighted by molar-refractivity contribution is 5.79. The van der Waals surface area contributed by atoms with Gasteiger partial charge in [-0.3, -0.25) is 14.4 Å². The third-order valence-electron chi connectivity index (χ3n) is 4.35. The van der Waals surface area contributed by atoms with Crippen molar-refractivity contribution in [3.05, 3.63) is 29.8 Å². The van der Waals surface area contributed by atoms with E-state index in [1.165, 1.54) is 19.1 Å². The number of amides is 1. The normalized spacial score (nSPS) is 24.4. The number of nitrogens with zero attached hydrogens (tertiary/aromatic N) is 1. The van der Waals surface area contributed by atoms with Crippen molar-refractivity contribution < 1.29 is 29.0 Å². The lowest BCUT2D eigenvalue weighted by Gasteiger charge is -2.32. The number of hydrogen-bond donors (Lipinski definition) is 1. The van der Waals surface area contributed by atoms with Gasteiger partial charge in [0.15, 0.2) is 0 Å². The summed E-state index contributed by atoms with van der Waals surface area (Å²) in [6, 6.07) is 7.30. The first-order chi connectivity index (χ1) is 11.4. The van der Waals surface area contributed by atoms with Gasteiger partial charge >= 0.3 is 5.97 Å². The van der Waals surface area contributed by atoms with E-state index in [-0.39, 0.29) is 30.7 Å². The van der Waals surface area contributed by atoms with Crippen molar-refractivity contribution in [2.75, 3.05) is 20.3 Å². The number of esters is 1. The molecule has 130 valence electrons. The highest BCUT2D eigenvalue weighted by Crippen LogP contribution is 2.43. The van der Waals surface area contributed by atoms with Crippen LogP contribution in [0.5, 0.6) is 5.75 Å². The van der Waals surface area contributed by atoms with E-state index >= 15 is 0 Å². The number of aliphatic hydroxyl groups is 1. The standard InChI is InChI=1S/C17H21NO6/c1-17(21,8-15(20)22-2)7-14(19)18-16-11(10-24-18)9-23-13-6-4-3-5-12(13)16/h3-6,11,16,21H,7-10H2,1-2H3/t11-,16+,17+/m0/s1. The van der Waals surface area contributed by atoms with Gasteiger partial charge in [0, 0.05) is 11.5 Å². The Hall–Kier alpha value is -2.12. The van der Waals surface area contributed by atoms with Crippen LogP contribution >= 0.6 is 0 Å². The fourth-order valence-corrected chi connectivity index (χ4v) is 3.19. The van der Waals surface area contributed by atoms with Crippen LogP contribution < -0.4 is 4.74 Å². The molecule has 7 heteroatoms. The highest BCUT2D eigenvalue weighted by atomic mass is 16.7. The number of hydroxylamine groups is 2. The van der Waals surface area contributed by atoms with Crippen LogP contribution in [-0.2, 0) is 19.2 Å². The summed E-state index contributed by atoms with van der Waals surface area (Å²) in [6.07, 6.45) is -0.481. The number of carbonyl (C=O) groups excluding carboxylic acids is 2. The summed E-state index contributed by atoms with van der Waals surface area (Å²) >= 11 is 0. The van der Waals surface area contributed by atoms with Crippen molar-refractivity contribution in [1.82, 2.24) is 5.06 Å². The highest BCUT2D eigenvalue weighted by Gasteiger charge is 2.45. The van der Waals surface area contributed by atoms with Gasteiger partial charge in [-0.05, 0) is 13.0 Å². The quantitative estimate of drug-likeness (QED) is 0.833. The van der Waals surface area contributed by atoms with Gasteiger partial charge in [-0.2, -0.15) is 0 Å². The van der Waals surface area contributed by atoms with Crippen LogP contribution in [0.15, 0.2) is 24.3 Å². The summed E-state index contributed by atoms with van der Waals surface area (Å²) in [5.74, 6) is -0.143. The van der Waals surface area contributed by atoms with Crippen LogP contribution in [0.2, 0.25) is 0 Å². The van der Waals surface area contributed by atoms with E-state index in [1.807, 2.05) is 24.3 Å². The SMILES string of the molecule is COC(=O)C[C@](C)(O)CC(=O)N1OC[C@@H]2COc3ccccc3[C@@H]21. The van der Waals surface area contributed by atoms with Crippen LogP contribution in [0.4, 0.5) is 0 Å². The van der Waals surface area contributed by atoms with Gasteiger partial charge in [0.05, 0.1) is 44.8 Å². The molecule has 2 aliphatic heterocycles. The van der Waals surface area contributed by atoms with Gasteiger partial charge in [-0.25, -0.2) is 5.06 Å². The van der Waals surface area contributed by atoms with E-state index in [2.05, 4.69) is 4.74 Å². The molecular formula is C17H21NO6. The van der Waals surface area contributed by atoms with Crippen LogP contribution in [0.1, 0.15) is 31.4 Å². The first-order valence-electron chi connectivity index (χ1n) is 7.87. The van der Waals surface area contributed by atoms with Crippen molar-refractivity contribution in [1.29, 1.82) is 0 Å². The molecule has 3 atom stereocenters. The Kier molecular flexibility index (Phi) is 4.47. The molecule has 0 bridgehead atoms. The van der Waals surface area contributed by atoms with E-state index in [0.29, 0.717) is 13.2 Å². The van der Waals surface area contributed by atoms with Gasteiger partial charge in [0.25, 0.3) is 0 Å². The number of benzene rings is 1. The van der Waals surface area contributed by atoms with Gasteiger partial charge in [-0.1, -0.05) is 18.2 Å². The molecule has 1 N–H and O–H groups in total. The fraction of sp³-hybridized carbons (Fsp3) is 0.529. The molecule has 1 fully saturated rings. The van der Waals surface area contributed by atoms with E-state index in [1.54, 1.807) is 0 Å². The first kappa shape index (κ1) is 16.7. The van der Waals surface area contributed by atoms with Gasteiger partial charge in [0.2, 0.25) is 5.91 Å². The van der Waals surface area contributed by atoms with E-state index in [9.17, 15) is 14.7 Å². The number of hydrogen-bond acceptors (Lipinski definition) is 6. The molecule has 2 heterocycles. The summed E-state index contributed by atoms with van der Waals surface area (Å²) in [6.45, 7) is 2.29. The number of rotatable bonds is 4. The molecule has 0 unspecified atom stereocenters. The number of ether oxygens (including phenoxy) is 2. The van der Waals surface area contributed by atoms with Gasteiger partial charge in [-0.15, -0.1) is 0 Å². The summed E-state index contributed by atoms with van der Waals surface area (Å²) in [5.41, 5.74) is -0.594. The second-order valence-corrected chi connectivity index (χ2v) is 6.50. The minimum atomic E-state index is -1.49. The lowest BCUT2D eigenvalue weighted by Crippen LogP contribution is -2.40. The monoisotopic (exact) mass is 335 g/mol. The Morgan fingerprint density at radius 1 is 1.33 bits per heavy atom. The van der Waals surface area contributed by atoms with Crippen molar-refractivity contribution in [3.63, 3.8) is 0 Å². The molecule has 7 nitrogen and oxygen atoms in total. The zero-order valence-corrected chi connectivity index (χ0v) is 13.7. The summed E-state index contributed by atoms with van der Waals surface area (Å²) in [5, 5.41) is 11.6. The lowest BCUT2D eigenvalue weighted by atomic mass is 9.91. The number of para-hydroxylation sites is 1. The van der Waals surface area contributed by atoms with Crippen LogP contribution in [0.25, 0.3) is 0 Å². The van der Waals surface area contributed by atoms with Crippen molar-refractivity contribution in [2.45, 2.75) is 31.4 Å². The van der Waals surface area contributed by atoms with E-state index in [0.717, 1.165) is 11.3 Å². The third-order valence-corrected chi connectivity index (χ3v) is 4.35. The maximum Gasteiger partial charge on any atom is 0.308 e. The third kappa shape index (κ3) is 3.22. The summed E-state index contributed by atoms with van der Waals surface area (Å²) in [4.78, 5) is 29.6. The molecule has 1 aromatic carbocycles. The van der Waals surface area contributed by atoms with Crippen LogP contribution in [-0.4, -0.2) is 48.0 Å². The Balaban J connectivity index is 1.76. The molecule has 0 saturated carbocycles. The van der Waals surface area contributed by atoms with Crippen molar-refractivity contribution in [3.8, 4) is 5.75 Å². The lowest BCUT2D eigenvalue weighted by molar-refractivity contribution is -0.182. The van der Waals surface area contributed by atoms with Crippen LogP contribution in [0, 0.1) is 5.92 Å². The zero-order chi connectivity index (χ0) is 17.3. The average Bonchev–Trinajstić information content (AvgIpc) is 2.98. The molecule has 0 aliphatic carbocycles. The molecule has 1 saturated heterocycles. The minimum Gasteiger partial charge on any atom is -0.493 e. The molecule has 24 heavy (non-hydrogen) atoms. The Morgan fingerprint density at radius 3 is 2.83 bits per heavy atom. The smallest absolute Gasteiger partial charge is 0.308 e. The topological polar surface area (TPSA) is 85.3 Å². The number of carbonyl (C=O) groups is 2. The van der Waals surface area contributed by atoms with Gasteiger partial charge in [0.1, 0.15) is 5.75 Å². The second-order valence-electron chi connectivity index (χ2n) is 6.50. The van der Waals surface area contributed by atoms with E-state index < -0.39 is 11.6 Å².